The summed E-state index contributed by atoms with van der Waals surface area (Å²) in [7, 11) is 0. The van der Waals surface area contributed by atoms with Gasteiger partial charge < -0.3 is 10.0 Å². The monoisotopic (exact) mass is 255 g/mol. The summed E-state index contributed by atoms with van der Waals surface area (Å²) in [6.45, 7) is 1.21. The lowest BCUT2D eigenvalue weighted by atomic mass is 10.1. The van der Waals surface area contributed by atoms with Crippen LogP contribution in [-0.4, -0.2) is 35.6 Å². The number of aliphatic hydroxyl groups is 1. The predicted octanol–water partition coefficient (Wildman–Crippen LogP) is 1.81. The van der Waals surface area contributed by atoms with Crippen molar-refractivity contribution in [2.45, 2.75) is 12.8 Å². The SMILES string of the molecule is O=C(c1cc(F)cc(F)c1)N1CCC(CCO)C1. The van der Waals surface area contributed by atoms with Gasteiger partial charge in [0, 0.05) is 31.3 Å². The highest BCUT2D eigenvalue weighted by Gasteiger charge is 2.26. The van der Waals surface area contributed by atoms with Gasteiger partial charge in [-0.2, -0.15) is 0 Å². The van der Waals surface area contributed by atoms with E-state index in [0.717, 1.165) is 24.6 Å². The summed E-state index contributed by atoms with van der Waals surface area (Å²) in [6.07, 6.45) is 1.48. The van der Waals surface area contributed by atoms with E-state index in [1.54, 1.807) is 4.90 Å². The molecule has 1 aromatic carbocycles. The van der Waals surface area contributed by atoms with Gasteiger partial charge in [-0.25, -0.2) is 8.78 Å². The molecule has 18 heavy (non-hydrogen) atoms. The second kappa shape index (κ2) is 5.44. The van der Waals surface area contributed by atoms with Crippen molar-refractivity contribution in [1.29, 1.82) is 0 Å². The van der Waals surface area contributed by atoms with Gasteiger partial charge in [0.1, 0.15) is 11.6 Å². The molecule has 1 fully saturated rings. The van der Waals surface area contributed by atoms with Crippen LogP contribution in [0.1, 0.15) is 23.2 Å². The summed E-state index contributed by atoms with van der Waals surface area (Å²) < 4.78 is 26.1. The van der Waals surface area contributed by atoms with E-state index in [1.165, 1.54) is 0 Å². The standard InChI is InChI=1S/C13H15F2NO2/c14-11-5-10(6-12(15)7-11)13(18)16-3-1-9(8-16)2-4-17/h5-7,9,17H,1-4,8H2. The van der Waals surface area contributed by atoms with E-state index in [1.807, 2.05) is 0 Å². The molecule has 0 aliphatic carbocycles. The topological polar surface area (TPSA) is 40.5 Å². The summed E-state index contributed by atoms with van der Waals surface area (Å²) >= 11 is 0. The van der Waals surface area contributed by atoms with Gasteiger partial charge in [-0.3, -0.25) is 4.79 Å². The van der Waals surface area contributed by atoms with Crippen molar-refractivity contribution in [3.05, 3.63) is 35.4 Å². The molecule has 5 heteroatoms. The van der Waals surface area contributed by atoms with Gasteiger partial charge in [-0.05, 0) is 30.9 Å². The lowest BCUT2D eigenvalue weighted by Gasteiger charge is -2.16. The molecule has 1 aromatic rings. The first-order valence-electron chi connectivity index (χ1n) is 5.96. The zero-order valence-electron chi connectivity index (χ0n) is 9.90. The zero-order chi connectivity index (χ0) is 13.1. The fourth-order valence-electron chi connectivity index (χ4n) is 2.30. The quantitative estimate of drug-likeness (QED) is 0.894. The normalized spacial score (nSPS) is 19.3. The second-order valence-electron chi connectivity index (χ2n) is 4.58. The molecule has 1 aliphatic rings. The lowest BCUT2D eigenvalue weighted by Crippen LogP contribution is -2.29. The van der Waals surface area contributed by atoms with Crippen molar-refractivity contribution in [2.75, 3.05) is 19.7 Å². The molecule has 1 atom stereocenters. The number of likely N-dealkylation sites (tertiary alicyclic amines) is 1. The van der Waals surface area contributed by atoms with E-state index in [9.17, 15) is 13.6 Å². The van der Waals surface area contributed by atoms with Crippen LogP contribution in [0.5, 0.6) is 0 Å². The maximum Gasteiger partial charge on any atom is 0.254 e. The summed E-state index contributed by atoms with van der Waals surface area (Å²) in [4.78, 5) is 13.6. The molecule has 2 rings (SSSR count). The number of halogens is 2. The Morgan fingerprint density at radius 3 is 2.61 bits per heavy atom. The molecule has 1 heterocycles. The molecule has 1 aliphatic heterocycles. The molecule has 0 radical (unpaired) electrons. The Morgan fingerprint density at radius 2 is 2.00 bits per heavy atom. The van der Waals surface area contributed by atoms with Gasteiger partial charge in [0.05, 0.1) is 0 Å². The van der Waals surface area contributed by atoms with Crippen LogP contribution in [0, 0.1) is 17.6 Å². The van der Waals surface area contributed by atoms with Crippen LogP contribution in [-0.2, 0) is 0 Å². The molecule has 1 saturated heterocycles. The minimum Gasteiger partial charge on any atom is -0.396 e. The molecule has 1 amide bonds. The number of amides is 1. The molecular formula is C13H15F2NO2. The average Bonchev–Trinajstić information content (AvgIpc) is 2.76. The van der Waals surface area contributed by atoms with E-state index in [2.05, 4.69) is 0 Å². The minimum atomic E-state index is -0.746. The van der Waals surface area contributed by atoms with Gasteiger partial charge in [0.15, 0.2) is 0 Å². The summed E-state index contributed by atoms with van der Waals surface area (Å²) in [5.74, 6) is -1.57. The third kappa shape index (κ3) is 2.85. The van der Waals surface area contributed by atoms with Crippen LogP contribution in [0.3, 0.4) is 0 Å². The first-order chi connectivity index (χ1) is 8.60. The van der Waals surface area contributed by atoms with Crippen LogP contribution in [0.4, 0.5) is 8.78 Å². The van der Waals surface area contributed by atoms with Gasteiger partial charge >= 0.3 is 0 Å². The summed E-state index contributed by atoms with van der Waals surface area (Å²) in [5, 5.41) is 8.84. The molecule has 0 spiro atoms. The number of nitrogens with zero attached hydrogens (tertiary/aromatic N) is 1. The molecule has 0 bridgehead atoms. The van der Waals surface area contributed by atoms with Crippen LogP contribution in [0.2, 0.25) is 0 Å². The number of carbonyl (C=O) groups is 1. The van der Waals surface area contributed by atoms with Gasteiger partial charge in [-0.1, -0.05) is 0 Å². The molecule has 0 aromatic heterocycles. The first-order valence-corrected chi connectivity index (χ1v) is 5.96. The maximum atomic E-state index is 13.0. The molecule has 98 valence electrons. The molecule has 3 nitrogen and oxygen atoms in total. The number of hydrogen-bond donors (Lipinski definition) is 1. The highest BCUT2D eigenvalue weighted by molar-refractivity contribution is 5.94. The minimum absolute atomic E-state index is 0.0390. The van der Waals surface area contributed by atoms with Crippen molar-refractivity contribution in [3.8, 4) is 0 Å². The largest absolute Gasteiger partial charge is 0.396 e. The van der Waals surface area contributed by atoms with Crippen LogP contribution >= 0.6 is 0 Å². The van der Waals surface area contributed by atoms with Crippen LogP contribution < -0.4 is 0 Å². The Labute approximate surface area is 104 Å². The second-order valence-corrected chi connectivity index (χ2v) is 4.58. The van der Waals surface area contributed by atoms with Crippen molar-refractivity contribution in [2.24, 2.45) is 5.92 Å². The Kier molecular flexibility index (Phi) is 3.91. The van der Waals surface area contributed by atoms with Crippen molar-refractivity contribution >= 4 is 5.91 Å². The van der Waals surface area contributed by atoms with Gasteiger partial charge in [0.25, 0.3) is 5.91 Å². The van der Waals surface area contributed by atoms with Crippen molar-refractivity contribution in [3.63, 3.8) is 0 Å². The van der Waals surface area contributed by atoms with E-state index in [4.69, 9.17) is 5.11 Å². The van der Waals surface area contributed by atoms with E-state index >= 15 is 0 Å². The Hall–Kier alpha value is -1.49. The third-order valence-electron chi connectivity index (χ3n) is 3.22. The zero-order valence-corrected chi connectivity index (χ0v) is 9.90. The Balaban J connectivity index is 2.08. The molecule has 1 N–H and O–H groups in total. The van der Waals surface area contributed by atoms with E-state index in [0.29, 0.717) is 19.5 Å². The van der Waals surface area contributed by atoms with Gasteiger partial charge in [0.2, 0.25) is 0 Å². The summed E-state index contributed by atoms with van der Waals surface area (Å²) in [5.41, 5.74) is 0.0390. The third-order valence-corrected chi connectivity index (χ3v) is 3.22. The molecule has 1 unspecified atom stereocenters. The van der Waals surface area contributed by atoms with Gasteiger partial charge in [-0.15, -0.1) is 0 Å². The highest BCUT2D eigenvalue weighted by atomic mass is 19.1. The van der Waals surface area contributed by atoms with Crippen molar-refractivity contribution < 1.29 is 18.7 Å². The summed E-state index contributed by atoms with van der Waals surface area (Å²) in [6, 6.07) is 2.84. The predicted molar refractivity (Wildman–Crippen MR) is 62.1 cm³/mol. The van der Waals surface area contributed by atoms with E-state index < -0.39 is 11.6 Å². The Bertz CT molecular complexity index is 430. The molecular weight excluding hydrogens is 240 g/mol. The number of hydrogen-bond acceptors (Lipinski definition) is 2. The van der Waals surface area contributed by atoms with E-state index in [-0.39, 0.29) is 24.0 Å². The van der Waals surface area contributed by atoms with Crippen LogP contribution in [0.15, 0.2) is 18.2 Å². The maximum absolute atomic E-state index is 13.0. The Morgan fingerprint density at radius 1 is 1.33 bits per heavy atom. The number of rotatable bonds is 3. The number of benzene rings is 1. The smallest absolute Gasteiger partial charge is 0.254 e. The fraction of sp³-hybridized carbons (Fsp3) is 0.462. The lowest BCUT2D eigenvalue weighted by molar-refractivity contribution is 0.0783. The van der Waals surface area contributed by atoms with Crippen molar-refractivity contribution in [1.82, 2.24) is 4.90 Å². The fourth-order valence-corrected chi connectivity index (χ4v) is 2.30. The first kappa shape index (κ1) is 13.0. The average molecular weight is 255 g/mol. The number of aliphatic hydroxyl groups excluding tert-OH is 1. The molecule has 0 saturated carbocycles. The van der Waals surface area contributed by atoms with Crippen LogP contribution in [0.25, 0.3) is 0 Å². The number of carbonyl (C=O) groups excluding carboxylic acids is 1. The highest BCUT2D eigenvalue weighted by Crippen LogP contribution is 2.21.